The Hall–Kier alpha value is -0.670. The van der Waals surface area contributed by atoms with E-state index in [-0.39, 0.29) is 0 Å². The molecule has 0 amide bonds. The number of thioether (sulfide) groups is 1. The third-order valence-electron chi connectivity index (χ3n) is 3.22. The molecule has 0 aliphatic rings. The van der Waals surface area contributed by atoms with Gasteiger partial charge in [0.1, 0.15) is 5.82 Å². The Bertz CT molecular complexity index is 536. The van der Waals surface area contributed by atoms with Gasteiger partial charge < -0.3 is 4.57 Å². The van der Waals surface area contributed by atoms with Crippen molar-refractivity contribution < 1.29 is 0 Å². The third kappa shape index (κ3) is 2.67. The number of nitrogens with zero attached hydrogens (tertiary/aromatic N) is 2. The molecule has 0 N–H and O–H groups in total. The number of fused-ring (bicyclic) bond motifs is 1. The van der Waals surface area contributed by atoms with Gasteiger partial charge in [-0.1, -0.05) is 6.07 Å². The minimum absolute atomic E-state index is 0.443. The Balaban J connectivity index is 2.48. The molecule has 0 aliphatic heterocycles. The fraction of sp³-hybridized carbons (Fsp3) is 0.500. The van der Waals surface area contributed by atoms with Crippen LogP contribution in [0.1, 0.15) is 30.8 Å². The van der Waals surface area contributed by atoms with E-state index in [9.17, 15) is 0 Å². The number of benzene rings is 1. The van der Waals surface area contributed by atoms with E-state index in [1.54, 1.807) is 0 Å². The Kier molecular flexibility index (Phi) is 4.57. The van der Waals surface area contributed by atoms with Crippen LogP contribution < -0.4 is 0 Å². The zero-order valence-electron chi connectivity index (χ0n) is 11.1. The molecule has 0 bridgehead atoms. The van der Waals surface area contributed by atoms with Crippen LogP contribution in [0.5, 0.6) is 0 Å². The summed E-state index contributed by atoms with van der Waals surface area (Å²) in [5, 5.41) is 0. The van der Waals surface area contributed by atoms with Crippen molar-refractivity contribution in [2.45, 2.75) is 32.2 Å². The van der Waals surface area contributed by atoms with Gasteiger partial charge in [-0.15, -0.1) is 11.6 Å². The van der Waals surface area contributed by atoms with Gasteiger partial charge >= 0.3 is 0 Å². The second kappa shape index (κ2) is 5.98. The SMILES string of the molecule is CSCCC(C)n1c(CCl)nc2ccc(C)cc21. The summed E-state index contributed by atoms with van der Waals surface area (Å²) >= 11 is 7.92. The topological polar surface area (TPSA) is 17.8 Å². The van der Waals surface area contributed by atoms with E-state index in [0.717, 1.165) is 23.5 Å². The highest BCUT2D eigenvalue weighted by atomic mass is 35.5. The number of imidazole rings is 1. The summed E-state index contributed by atoms with van der Waals surface area (Å²) in [5.41, 5.74) is 3.52. The molecule has 2 nitrogen and oxygen atoms in total. The zero-order valence-corrected chi connectivity index (χ0v) is 12.7. The average Bonchev–Trinajstić information content (AvgIpc) is 2.73. The Morgan fingerprint density at radius 3 is 2.89 bits per heavy atom. The second-order valence-corrected chi connectivity index (χ2v) is 5.91. The first-order valence-electron chi connectivity index (χ1n) is 6.19. The molecule has 0 saturated carbocycles. The first-order valence-corrected chi connectivity index (χ1v) is 8.12. The molecule has 0 spiro atoms. The summed E-state index contributed by atoms with van der Waals surface area (Å²) in [5.74, 6) is 2.61. The van der Waals surface area contributed by atoms with Crippen molar-refractivity contribution >= 4 is 34.4 Å². The lowest BCUT2D eigenvalue weighted by Gasteiger charge is -2.16. The summed E-state index contributed by atoms with van der Waals surface area (Å²) < 4.78 is 2.30. The minimum Gasteiger partial charge on any atom is -0.324 e. The largest absolute Gasteiger partial charge is 0.324 e. The molecular formula is C14H19ClN2S. The Morgan fingerprint density at radius 2 is 2.22 bits per heavy atom. The van der Waals surface area contributed by atoms with Gasteiger partial charge in [0.25, 0.3) is 0 Å². The maximum atomic E-state index is 6.03. The van der Waals surface area contributed by atoms with Gasteiger partial charge in [0.15, 0.2) is 0 Å². The summed E-state index contributed by atoms with van der Waals surface area (Å²) in [6.07, 6.45) is 3.29. The van der Waals surface area contributed by atoms with Crippen molar-refractivity contribution in [3.8, 4) is 0 Å². The van der Waals surface area contributed by atoms with E-state index in [2.05, 4.69) is 47.9 Å². The number of aromatic nitrogens is 2. The molecule has 1 heterocycles. The van der Waals surface area contributed by atoms with Crippen molar-refractivity contribution in [2.75, 3.05) is 12.0 Å². The van der Waals surface area contributed by atoms with Gasteiger partial charge in [0.2, 0.25) is 0 Å². The molecule has 2 rings (SSSR count). The Labute approximate surface area is 118 Å². The van der Waals surface area contributed by atoms with Crippen LogP contribution in [0.2, 0.25) is 0 Å². The maximum absolute atomic E-state index is 6.03. The number of hydrogen-bond donors (Lipinski definition) is 0. The molecular weight excluding hydrogens is 264 g/mol. The molecule has 1 unspecified atom stereocenters. The zero-order chi connectivity index (χ0) is 13.1. The molecule has 2 aromatic rings. The molecule has 1 aromatic carbocycles. The van der Waals surface area contributed by atoms with Crippen LogP contribution in [-0.4, -0.2) is 21.6 Å². The van der Waals surface area contributed by atoms with Crippen LogP contribution >= 0.6 is 23.4 Å². The predicted octanol–water partition coefficient (Wildman–Crippen LogP) is 4.40. The Morgan fingerprint density at radius 1 is 1.44 bits per heavy atom. The van der Waals surface area contributed by atoms with Crippen LogP contribution in [0.25, 0.3) is 11.0 Å². The van der Waals surface area contributed by atoms with Gasteiger partial charge in [0.05, 0.1) is 16.9 Å². The fourth-order valence-electron chi connectivity index (χ4n) is 2.26. The maximum Gasteiger partial charge on any atom is 0.125 e. The van der Waals surface area contributed by atoms with E-state index in [1.165, 1.54) is 11.1 Å². The van der Waals surface area contributed by atoms with Crippen molar-refractivity contribution in [1.29, 1.82) is 0 Å². The monoisotopic (exact) mass is 282 g/mol. The van der Waals surface area contributed by atoms with Crippen molar-refractivity contribution in [3.63, 3.8) is 0 Å². The first-order chi connectivity index (χ1) is 8.67. The van der Waals surface area contributed by atoms with Crippen LogP contribution in [-0.2, 0) is 5.88 Å². The number of rotatable bonds is 5. The lowest BCUT2D eigenvalue weighted by Crippen LogP contribution is -2.09. The van der Waals surface area contributed by atoms with Gasteiger partial charge in [-0.3, -0.25) is 0 Å². The molecule has 1 atom stereocenters. The van der Waals surface area contributed by atoms with E-state index in [1.807, 2.05) is 11.8 Å². The van der Waals surface area contributed by atoms with Crippen molar-refractivity contribution in [2.24, 2.45) is 0 Å². The smallest absolute Gasteiger partial charge is 0.125 e. The standard InChI is InChI=1S/C14H19ClN2S/c1-10-4-5-12-13(8-10)17(14(9-15)16-12)11(2)6-7-18-3/h4-5,8,11H,6-7,9H2,1-3H3. The number of alkyl halides is 1. The first kappa shape index (κ1) is 13.8. The molecule has 18 heavy (non-hydrogen) atoms. The highest BCUT2D eigenvalue weighted by Gasteiger charge is 2.15. The van der Waals surface area contributed by atoms with Gasteiger partial charge in [0, 0.05) is 6.04 Å². The van der Waals surface area contributed by atoms with Crippen LogP contribution in [0.3, 0.4) is 0 Å². The lowest BCUT2D eigenvalue weighted by atomic mass is 10.2. The van der Waals surface area contributed by atoms with Crippen LogP contribution in [0.15, 0.2) is 18.2 Å². The van der Waals surface area contributed by atoms with E-state index < -0.39 is 0 Å². The molecule has 0 fully saturated rings. The van der Waals surface area contributed by atoms with Gasteiger partial charge in [-0.2, -0.15) is 11.8 Å². The minimum atomic E-state index is 0.443. The molecule has 0 aliphatic carbocycles. The van der Waals surface area contributed by atoms with Gasteiger partial charge in [-0.25, -0.2) is 4.98 Å². The lowest BCUT2D eigenvalue weighted by molar-refractivity contribution is 0.534. The second-order valence-electron chi connectivity index (χ2n) is 4.65. The summed E-state index contributed by atoms with van der Waals surface area (Å²) in [4.78, 5) is 4.63. The normalized spacial score (nSPS) is 13.1. The van der Waals surface area contributed by atoms with Crippen molar-refractivity contribution in [1.82, 2.24) is 9.55 Å². The average molecular weight is 283 g/mol. The molecule has 0 saturated heterocycles. The van der Waals surface area contributed by atoms with Crippen LogP contribution in [0.4, 0.5) is 0 Å². The number of hydrogen-bond acceptors (Lipinski definition) is 2. The van der Waals surface area contributed by atoms with Crippen LogP contribution in [0, 0.1) is 6.92 Å². The quantitative estimate of drug-likeness (QED) is 0.757. The van der Waals surface area contributed by atoms with E-state index in [0.29, 0.717) is 11.9 Å². The molecule has 4 heteroatoms. The molecule has 1 aromatic heterocycles. The summed E-state index contributed by atoms with van der Waals surface area (Å²) in [6.45, 7) is 4.36. The molecule has 98 valence electrons. The summed E-state index contributed by atoms with van der Waals surface area (Å²) in [6, 6.07) is 6.83. The highest BCUT2D eigenvalue weighted by molar-refractivity contribution is 7.98. The number of aryl methyl sites for hydroxylation is 1. The van der Waals surface area contributed by atoms with E-state index >= 15 is 0 Å². The fourth-order valence-corrected chi connectivity index (χ4v) is 3.02. The predicted molar refractivity (Wildman–Crippen MR) is 81.7 cm³/mol. The highest BCUT2D eigenvalue weighted by Crippen LogP contribution is 2.25. The van der Waals surface area contributed by atoms with Gasteiger partial charge in [-0.05, 0) is 50.0 Å². The van der Waals surface area contributed by atoms with E-state index in [4.69, 9.17) is 11.6 Å². The molecule has 0 radical (unpaired) electrons. The number of halogens is 1. The summed E-state index contributed by atoms with van der Waals surface area (Å²) in [7, 11) is 0. The third-order valence-corrected chi connectivity index (χ3v) is 4.10. The van der Waals surface area contributed by atoms with Crippen molar-refractivity contribution in [3.05, 3.63) is 29.6 Å².